The number of nitrogens with one attached hydrogen (secondary N) is 1. The average molecular weight is 760 g/mol. The second kappa shape index (κ2) is 44.3. The minimum absolute atomic E-state index is 0.161. The summed E-state index contributed by atoms with van der Waals surface area (Å²) in [7, 11) is 0. The topological polar surface area (TPSA) is 89.8 Å². The lowest BCUT2D eigenvalue weighted by Crippen LogP contribution is -2.50. The Hall–Kier alpha value is -1.43. The summed E-state index contributed by atoms with van der Waals surface area (Å²) in [6.07, 6.45) is 55.5. The van der Waals surface area contributed by atoms with Gasteiger partial charge in [0.1, 0.15) is 6.10 Å². The molecule has 318 valence electrons. The zero-order valence-electron chi connectivity index (χ0n) is 36.1. The molecule has 0 saturated heterocycles. The van der Waals surface area contributed by atoms with Crippen LogP contribution in [0.2, 0.25) is 0 Å². The molecule has 0 radical (unpaired) electrons. The van der Waals surface area contributed by atoms with Crippen LogP contribution in [0.3, 0.4) is 0 Å². The van der Waals surface area contributed by atoms with E-state index in [0.29, 0.717) is 12.8 Å². The van der Waals surface area contributed by atoms with Crippen LogP contribution in [0.4, 0.5) is 0 Å². The third-order valence-electron chi connectivity index (χ3n) is 11.0. The third-order valence-corrected chi connectivity index (χ3v) is 11.0. The molecule has 0 aromatic heterocycles. The highest BCUT2D eigenvalue weighted by Crippen LogP contribution is 2.15. The smallest absolute Gasteiger partial charge is 0.220 e. The summed E-state index contributed by atoms with van der Waals surface area (Å²) in [5.74, 6) is -0.161. The van der Waals surface area contributed by atoms with E-state index in [9.17, 15) is 20.1 Å². The van der Waals surface area contributed by atoms with E-state index in [-0.39, 0.29) is 12.5 Å². The summed E-state index contributed by atoms with van der Waals surface area (Å²) in [5.41, 5.74) is 0. The van der Waals surface area contributed by atoms with Gasteiger partial charge in [-0.3, -0.25) is 4.79 Å². The minimum Gasteiger partial charge on any atom is -0.394 e. The Morgan fingerprint density at radius 3 is 1.19 bits per heavy atom. The summed E-state index contributed by atoms with van der Waals surface area (Å²) in [5, 5.41) is 33.6. The molecule has 5 nitrogen and oxygen atoms in total. The van der Waals surface area contributed by atoms with Gasteiger partial charge in [0.2, 0.25) is 5.91 Å². The monoisotopic (exact) mass is 760 g/mol. The van der Waals surface area contributed by atoms with E-state index >= 15 is 0 Å². The molecule has 0 aromatic carbocycles. The van der Waals surface area contributed by atoms with Crippen LogP contribution in [-0.4, -0.2) is 46.1 Å². The fourth-order valence-electron chi connectivity index (χ4n) is 7.25. The lowest BCUT2D eigenvalue weighted by atomic mass is 10.0. The quantitative estimate of drug-likeness (QED) is 0.0368. The molecule has 4 N–H and O–H groups in total. The van der Waals surface area contributed by atoms with Gasteiger partial charge in [0.15, 0.2) is 0 Å². The number of rotatable bonds is 43. The molecule has 1 amide bonds. The summed E-state index contributed by atoms with van der Waals surface area (Å²) in [6.45, 7) is 4.17. The molecule has 0 aliphatic rings. The molecule has 0 heterocycles. The maximum absolute atomic E-state index is 12.4. The van der Waals surface area contributed by atoms with E-state index in [1.54, 1.807) is 0 Å². The molecule has 0 bridgehead atoms. The van der Waals surface area contributed by atoms with Crippen molar-refractivity contribution in [2.45, 2.75) is 263 Å². The van der Waals surface area contributed by atoms with Gasteiger partial charge in [-0.25, -0.2) is 0 Å². The van der Waals surface area contributed by atoms with Crippen molar-refractivity contribution in [1.82, 2.24) is 5.32 Å². The van der Waals surface area contributed by atoms with Crippen molar-refractivity contribution in [3.05, 3.63) is 36.5 Å². The van der Waals surface area contributed by atoms with Crippen LogP contribution in [-0.2, 0) is 4.79 Å². The molecule has 0 aliphatic heterocycles. The Kier molecular flexibility index (Phi) is 43.1. The highest BCUT2D eigenvalue weighted by Gasteiger charge is 2.26. The molecule has 3 atom stereocenters. The van der Waals surface area contributed by atoms with Crippen molar-refractivity contribution >= 4 is 5.91 Å². The number of aliphatic hydroxyl groups is 3. The first-order chi connectivity index (χ1) is 26.6. The first-order valence-corrected chi connectivity index (χ1v) is 23.8. The van der Waals surface area contributed by atoms with E-state index in [1.165, 1.54) is 167 Å². The van der Waals surface area contributed by atoms with Crippen molar-refractivity contribution in [2.75, 3.05) is 6.61 Å². The van der Waals surface area contributed by atoms with Crippen molar-refractivity contribution in [1.29, 1.82) is 0 Å². The number of amides is 1. The Bertz CT molecular complexity index is 840. The molecular weight excluding hydrogens is 667 g/mol. The Labute approximate surface area is 336 Å². The number of carbonyl (C=O) groups excluding carboxylic acids is 1. The molecule has 0 aromatic rings. The molecule has 0 fully saturated rings. The van der Waals surface area contributed by atoms with E-state index in [2.05, 4.69) is 55.6 Å². The van der Waals surface area contributed by atoms with Crippen molar-refractivity contribution < 1.29 is 20.1 Å². The van der Waals surface area contributed by atoms with Gasteiger partial charge in [0.25, 0.3) is 0 Å². The third kappa shape index (κ3) is 38.8. The van der Waals surface area contributed by atoms with Gasteiger partial charge in [0, 0.05) is 6.42 Å². The van der Waals surface area contributed by atoms with E-state index in [1.807, 2.05) is 0 Å². The fraction of sp³-hybridized carbons (Fsp3) is 0.857. The summed E-state index contributed by atoms with van der Waals surface area (Å²) >= 11 is 0. The van der Waals surface area contributed by atoms with E-state index in [0.717, 1.165) is 51.4 Å². The van der Waals surface area contributed by atoms with Gasteiger partial charge in [-0.1, -0.05) is 204 Å². The predicted molar refractivity (Wildman–Crippen MR) is 236 cm³/mol. The van der Waals surface area contributed by atoms with Crippen LogP contribution in [0.15, 0.2) is 36.5 Å². The van der Waals surface area contributed by atoms with Crippen molar-refractivity contribution in [2.24, 2.45) is 0 Å². The van der Waals surface area contributed by atoms with E-state index in [4.69, 9.17) is 0 Å². The summed E-state index contributed by atoms with van der Waals surface area (Å²) < 4.78 is 0. The molecule has 0 rings (SSSR count). The van der Waals surface area contributed by atoms with Crippen LogP contribution in [0.25, 0.3) is 0 Å². The molecule has 54 heavy (non-hydrogen) atoms. The van der Waals surface area contributed by atoms with Gasteiger partial charge in [0.05, 0.1) is 18.8 Å². The molecule has 3 unspecified atom stereocenters. The Morgan fingerprint density at radius 1 is 0.463 bits per heavy atom. The maximum Gasteiger partial charge on any atom is 0.220 e. The van der Waals surface area contributed by atoms with Gasteiger partial charge < -0.3 is 20.6 Å². The number of hydrogen-bond donors (Lipinski definition) is 4. The summed E-state index contributed by atoms with van der Waals surface area (Å²) in [6, 6.07) is -0.830. The fourth-order valence-corrected chi connectivity index (χ4v) is 7.25. The van der Waals surface area contributed by atoms with Gasteiger partial charge in [-0.2, -0.15) is 0 Å². The predicted octanol–water partition coefficient (Wildman–Crippen LogP) is 13.9. The van der Waals surface area contributed by atoms with E-state index < -0.39 is 18.2 Å². The van der Waals surface area contributed by atoms with Crippen LogP contribution < -0.4 is 5.32 Å². The summed E-state index contributed by atoms with van der Waals surface area (Å²) in [4.78, 5) is 12.4. The molecule has 5 heteroatoms. The van der Waals surface area contributed by atoms with Gasteiger partial charge >= 0.3 is 0 Å². The Balaban J connectivity index is 3.66. The van der Waals surface area contributed by atoms with Crippen LogP contribution in [0.1, 0.15) is 245 Å². The van der Waals surface area contributed by atoms with Gasteiger partial charge in [-0.15, -0.1) is 0 Å². The lowest BCUT2D eigenvalue weighted by molar-refractivity contribution is -0.124. The largest absolute Gasteiger partial charge is 0.394 e. The van der Waals surface area contributed by atoms with Crippen LogP contribution in [0, 0.1) is 0 Å². The number of hydrogen-bond acceptors (Lipinski definition) is 4. The highest BCUT2D eigenvalue weighted by molar-refractivity contribution is 5.76. The molecule has 0 spiro atoms. The van der Waals surface area contributed by atoms with Crippen LogP contribution in [0.5, 0.6) is 0 Å². The molecular formula is C49H93NO4. The normalized spacial score (nSPS) is 13.8. The Morgan fingerprint density at radius 2 is 0.796 bits per heavy atom. The van der Waals surface area contributed by atoms with Crippen LogP contribution >= 0.6 is 0 Å². The molecule has 0 aliphatic carbocycles. The molecule has 0 saturated carbocycles. The standard InChI is InChI=1S/C49H93NO4/c1-3-5-7-9-11-13-15-17-19-21-22-23-24-25-26-28-30-32-34-36-38-40-42-44-48(53)50-46(45-51)49(54)47(52)43-41-39-37-35-33-31-29-27-20-18-16-14-12-10-8-6-4-2/h22-23,25-26,35,37,46-47,49,51-52,54H,3-21,24,27-34,36,38-45H2,1-2H3,(H,50,53)/b23-22-,26-25-,37-35+. The van der Waals surface area contributed by atoms with Crippen molar-refractivity contribution in [3.8, 4) is 0 Å². The van der Waals surface area contributed by atoms with Gasteiger partial charge in [-0.05, 0) is 70.6 Å². The van der Waals surface area contributed by atoms with Crippen molar-refractivity contribution in [3.63, 3.8) is 0 Å². The number of carbonyl (C=O) groups is 1. The second-order valence-corrected chi connectivity index (χ2v) is 16.3. The second-order valence-electron chi connectivity index (χ2n) is 16.3. The number of aliphatic hydroxyl groups excluding tert-OH is 3. The number of unbranched alkanes of at least 4 members (excludes halogenated alkanes) is 29. The maximum atomic E-state index is 12.4. The lowest BCUT2D eigenvalue weighted by Gasteiger charge is -2.26. The number of allylic oxidation sites excluding steroid dienone is 6. The zero-order valence-corrected chi connectivity index (χ0v) is 36.1. The SMILES string of the molecule is CCCCCCCCCCC/C=C\C/C=C\CCCCCCCCCC(=O)NC(CO)C(O)C(O)CCC/C=C/CCCCCCCCCCCCCC. The minimum atomic E-state index is -1.16. The zero-order chi connectivity index (χ0) is 39.4. The first kappa shape index (κ1) is 52.6. The highest BCUT2D eigenvalue weighted by atomic mass is 16.3. The average Bonchev–Trinajstić information content (AvgIpc) is 3.18. The first-order valence-electron chi connectivity index (χ1n) is 23.8.